The van der Waals surface area contributed by atoms with Gasteiger partial charge in [-0.2, -0.15) is 15.3 Å². The number of rotatable bonds is 3. The van der Waals surface area contributed by atoms with E-state index in [1.807, 2.05) is 64.5 Å². The molecule has 0 spiro atoms. The summed E-state index contributed by atoms with van der Waals surface area (Å²) in [6, 6.07) is 7.81. The number of hydrogen-bond acceptors (Lipinski definition) is 5. The molecule has 124 valence electrons. The Balaban J connectivity index is 1.88. The average molecular weight is 324 g/mol. The fourth-order valence-corrected chi connectivity index (χ4v) is 2.45. The van der Waals surface area contributed by atoms with E-state index in [9.17, 15) is 4.79 Å². The zero-order chi connectivity index (χ0) is 17.3. The molecule has 0 aliphatic heterocycles. The van der Waals surface area contributed by atoms with Crippen molar-refractivity contribution in [2.24, 2.45) is 7.05 Å². The van der Waals surface area contributed by atoms with Gasteiger partial charge >= 0.3 is 5.97 Å². The minimum atomic E-state index is -0.505. The maximum atomic E-state index is 12.0. The van der Waals surface area contributed by atoms with Gasteiger partial charge in [0.05, 0.1) is 23.8 Å². The van der Waals surface area contributed by atoms with E-state index < -0.39 is 5.60 Å². The molecule has 3 rings (SSSR count). The Hall–Kier alpha value is -2.76. The van der Waals surface area contributed by atoms with Crippen LogP contribution in [0.25, 0.3) is 22.0 Å². The molecule has 0 amide bonds. The molecule has 3 aromatic rings. The standard InChI is InChI=1S/C18H20N4O2/c1-18(2,3)24-17(23)9-15-8-13-7-12(5-6-16(13)21-20-15)14-10-19-22(4)11-14/h5-8,10-11H,9H2,1-4H3. The first-order chi connectivity index (χ1) is 11.3. The first-order valence-corrected chi connectivity index (χ1v) is 7.77. The second-order valence-corrected chi connectivity index (χ2v) is 6.78. The summed E-state index contributed by atoms with van der Waals surface area (Å²) >= 11 is 0. The van der Waals surface area contributed by atoms with Gasteiger partial charge in [0.2, 0.25) is 0 Å². The summed E-state index contributed by atoms with van der Waals surface area (Å²) in [6.45, 7) is 5.53. The van der Waals surface area contributed by atoms with E-state index in [-0.39, 0.29) is 12.4 Å². The van der Waals surface area contributed by atoms with E-state index in [0.717, 1.165) is 22.0 Å². The molecule has 0 fully saturated rings. The molecule has 0 unspecified atom stereocenters. The number of aryl methyl sites for hydroxylation is 1. The van der Waals surface area contributed by atoms with Gasteiger partial charge in [-0.3, -0.25) is 9.48 Å². The quantitative estimate of drug-likeness (QED) is 0.693. The predicted octanol–water partition coefficient (Wildman–Crippen LogP) is 2.91. The Morgan fingerprint density at radius 1 is 1.17 bits per heavy atom. The highest BCUT2D eigenvalue weighted by molar-refractivity contribution is 5.84. The van der Waals surface area contributed by atoms with Crippen LogP contribution in [0.2, 0.25) is 0 Å². The largest absolute Gasteiger partial charge is 0.460 e. The van der Waals surface area contributed by atoms with Gasteiger partial charge in [0.25, 0.3) is 0 Å². The Labute approximate surface area is 140 Å². The highest BCUT2D eigenvalue weighted by Crippen LogP contribution is 2.23. The molecule has 0 saturated heterocycles. The summed E-state index contributed by atoms with van der Waals surface area (Å²) in [5.41, 5.74) is 2.96. The van der Waals surface area contributed by atoms with Crippen molar-refractivity contribution in [1.82, 2.24) is 20.0 Å². The molecule has 1 aromatic carbocycles. The zero-order valence-electron chi connectivity index (χ0n) is 14.3. The van der Waals surface area contributed by atoms with Crippen LogP contribution >= 0.6 is 0 Å². The summed E-state index contributed by atoms with van der Waals surface area (Å²) in [5, 5.41) is 13.4. The summed E-state index contributed by atoms with van der Waals surface area (Å²) < 4.78 is 7.09. The van der Waals surface area contributed by atoms with E-state index in [1.165, 1.54) is 0 Å². The number of carbonyl (C=O) groups excluding carboxylic acids is 1. The summed E-state index contributed by atoms with van der Waals surface area (Å²) in [4.78, 5) is 12.0. The van der Waals surface area contributed by atoms with Crippen LogP contribution in [0.5, 0.6) is 0 Å². The molecule has 0 N–H and O–H groups in total. The lowest BCUT2D eigenvalue weighted by Crippen LogP contribution is -2.25. The maximum absolute atomic E-state index is 12.0. The molecule has 6 nitrogen and oxygen atoms in total. The fourth-order valence-electron chi connectivity index (χ4n) is 2.45. The van der Waals surface area contributed by atoms with Gasteiger partial charge in [-0.25, -0.2) is 0 Å². The van der Waals surface area contributed by atoms with Crippen LogP contribution in [0.1, 0.15) is 26.5 Å². The number of ether oxygens (including phenoxy) is 1. The van der Waals surface area contributed by atoms with E-state index >= 15 is 0 Å². The predicted molar refractivity (Wildman–Crippen MR) is 91.3 cm³/mol. The van der Waals surface area contributed by atoms with Crippen LogP contribution in [0.4, 0.5) is 0 Å². The molecule has 2 aromatic heterocycles. The summed E-state index contributed by atoms with van der Waals surface area (Å²) in [5.74, 6) is -0.306. The smallest absolute Gasteiger partial charge is 0.312 e. The number of esters is 1. The normalized spacial score (nSPS) is 11.7. The minimum Gasteiger partial charge on any atom is -0.460 e. The lowest BCUT2D eigenvalue weighted by Gasteiger charge is -2.19. The second-order valence-electron chi connectivity index (χ2n) is 6.78. The first kappa shape index (κ1) is 16.1. The van der Waals surface area contributed by atoms with E-state index in [1.54, 1.807) is 4.68 Å². The van der Waals surface area contributed by atoms with Gasteiger partial charge in [-0.05, 0) is 44.5 Å². The number of carbonyl (C=O) groups is 1. The van der Waals surface area contributed by atoms with E-state index in [4.69, 9.17) is 4.74 Å². The first-order valence-electron chi connectivity index (χ1n) is 7.77. The lowest BCUT2D eigenvalue weighted by molar-refractivity contribution is -0.154. The maximum Gasteiger partial charge on any atom is 0.312 e. The van der Waals surface area contributed by atoms with Crippen molar-refractivity contribution in [3.05, 3.63) is 42.4 Å². The van der Waals surface area contributed by atoms with Crippen LogP contribution in [-0.4, -0.2) is 31.5 Å². The molecule has 6 heteroatoms. The zero-order valence-corrected chi connectivity index (χ0v) is 14.3. The van der Waals surface area contributed by atoms with Crippen LogP contribution in [-0.2, 0) is 23.0 Å². The van der Waals surface area contributed by atoms with Gasteiger partial charge in [-0.1, -0.05) is 6.07 Å². The van der Waals surface area contributed by atoms with Crippen LogP contribution in [0.3, 0.4) is 0 Å². The number of hydrogen-bond donors (Lipinski definition) is 0. The molecule has 0 saturated carbocycles. The molecule has 0 aliphatic rings. The van der Waals surface area contributed by atoms with Crippen molar-refractivity contribution < 1.29 is 9.53 Å². The van der Waals surface area contributed by atoms with Gasteiger partial charge in [0.15, 0.2) is 0 Å². The molecule has 0 aliphatic carbocycles. The number of fused-ring (bicyclic) bond motifs is 1. The molecular weight excluding hydrogens is 304 g/mol. The number of aromatic nitrogens is 4. The van der Waals surface area contributed by atoms with Crippen molar-refractivity contribution in [1.29, 1.82) is 0 Å². The number of nitrogens with zero attached hydrogens (tertiary/aromatic N) is 4. The van der Waals surface area contributed by atoms with Gasteiger partial charge in [-0.15, -0.1) is 0 Å². The highest BCUT2D eigenvalue weighted by Gasteiger charge is 2.17. The molecular formula is C18H20N4O2. The molecule has 0 radical (unpaired) electrons. The molecule has 0 bridgehead atoms. The molecule has 0 atom stereocenters. The third-order valence-corrected chi connectivity index (χ3v) is 3.42. The molecule has 2 heterocycles. The average Bonchev–Trinajstić information content (AvgIpc) is 2.91. The third-order valence-electron chi connectivity index (χ3n) is 3.42. The summed E-state index contributed by atoms with van der Waals surface area (Å²) in [6.07, 6.45) is 3.88. The van der Waals surface area contributed by atoms with Crippen molar-refractivity contribution in [2.45, 2.75) is 32.8 Å². The van der Waals surface area contributed by atoms with Crippen molar-refractivity contribution >= 4 is 16.9 Å². The Kier molecular flexibility index (Phi) is 4.05. The van der Waals surface area contributed by atoms with E-state index in [2.05, 4.69) is 15.3 Å². The van der Waals surface area contributed by atoms with Gasteiger partial charge < -0.3 is 4.74 Å². The monoisotopic (exact) mass is 324 g/mol. The fraction of sp³-hybridized carbons (Fsp3) is 0.333. The van der Waals surface area contributed by atoms with Crippen LogP contribution in [0.15, 0.2) is 36.7 Å². The third kappa shape index (κ3) is 3.76. The van der Waals surface area contributed by atoms with Gasteiger partial charge in [0.1, 0.15) is 5.60 Å². The van der Waals surface area contributed by atoms with Gasteiger partial charge in [0, 0.05) is 24.2 Å². The summed E-state index contributed by atoms with van der Waals surface area (Å²) in [7, 11) is 1.88. The van der Waals surface area contributed by atoms with Crippen LogP contribution in [0, 0.1) is 0 Å². The highest BCUT2D eigenvalue weighted by atomic mass is 16.6. The van der Waals surface area contributed by atoms with Crippen molar-refractivity contribution in [3.8, 4) is 11.1 Å². The minimum absolute atomic E-state index is 0.108. The Bertz CT molecular complexity index is 893. The molecule has 24 heavy (non-hydrogen) atoms. The van der Waals surface area contributed by atoms with E-state index in [0.29, 0.717) is 5.69 Å². The van der Waals surface area contributed by atoms with Crippen molar-refractivity contribution in [2.75, 3.05) is 0 Å². The topological polar surface area (TPSA) is 69.9 Å². The SMILES string of the molecule is Cn1cc(-c2ccc3nnc(CC(=O)OC(C)(C)C)cc3c2)cn1. The Morgan fingerprint density at radius 2 is 1.96 bits per heavy atom. The lowest BCUT2D eigenvalue weighted by atomic mass is 10.1. The Morgan fingerprint density at radius 3 is 2.62 bits per heavy atom. The van der Waals surface area contributed by atoms with Crippen LogP contribution < -0.4 is 0 Å². The van der Waals surface area contributed by atoms with Crippen molar-refractivity contribution in [3.63, 3.8) is 0 Å². The number of benzene rings is 1. The second kappa shape index (κ2) is 6.03.